The molecule has 4 atom stereocenters. The lowest BCUT2D eigenvalue weighted by atomic mass is 9.29. The van der Waals surface area contributed by atoms with Crippen molar-refractivity contribution in [3.63, 3.8) is 0 Å². The van der Waals surface area contributed by atoms with E-state index < -0.39 is 0 Å². The molecule has 0 aliphatic carbocycles. The highest BCUT2D eigenvalue weighted by molar-refractivity contribution is 6.64. The Morgan fingerprint density at radius 3 is 1.53 bits per heavy atom. The minimum atomic E-state index is 0.502. The molecule has 0 radical (unpaired) electrons. The van der Waals surface area contributed by atoms with E-state index in [1.54, 1.807) is 0 Å². The highest BCUT2D eigenvalue weighted by Crippen LogP contribution is 2.35. The molecular formula is C14H25BN4. The highest BCUT2D eigenvalue weighted by Gasteiger charge is 2.49. The van der Waals surface area contributed by atoms with E-state index in [1.165, 1.54) is 6.42 Å². The van der Waals surface area contributed by atoms with Gasteiger partial charge in [0.25, 0.3) is 0 Å². The van der Waals surface area contributed by atoms with E-state index in [0.29, 0.717) is 24.2 Å². The molecule has 0 aromatic heterocycles. The molecule has 104 valence electrons. The summed E-state index contributed by atoms with van der Waals surface area (Å²) in [7, 11) is 4.31. The molecule has 19 heavy (non-hydrogen) atoms. The molecule has 0 saturated carbocycles. The van der Waals surface area contributed by atoms with E-state index >= 15 is 0 Å². The van der Waals surface area contributed by atoms with Crippen LogP contribution in [0.5, 0.6) is 0 Å². The molecule has 0 N–H and O–H groups in total. The zero-order valence-electron chi connectivity index (χ0n) is 12.7. The molecule has 3 heterocycles. The Hall–Kier alpha value is -1.26. The molecule has 0 bridgehead atoms. The molecule has 3 aliphatic rings. The molecule has 0 spiro atoms. The van der Waals surface area contributed by atoms with Crippen LogP contribution in [0.2, 0.25) is 6.82 Å². The summed E-state index contributed by atoms with van der Waals surface area (Å²) in [6.45, 7) is 7.69. The Labute approximate surface area is 117 Å². The van der Waals surface area contributed by atoms with Gasteiger partial charge >= 0.3 is 0 Å². The minimum absolute atomic E-state index is 0.502. The van der Waals surface area contributed by atoms with Gasteiger partial charge in [-0.25, -0.2) is 0 Å². The number of hydrogen-bond donors (Lipinski definition) is 0. The third-order valence-electron chi connectivity index (χ3n) is 5.45. The summed E-state index contributed by atoms with van der Waals surface area (Å²) in [4.78, 5) is 9.61. The lowest BCUT2D eigenvalue weighted by Gasteiger charge is -2.52. The average molecular weight is 260 g/mol. The molecule has 1 fully saturated rings. The Morgan fingerprint density at radius 1 is 0.842 bits per heavy atom. The van der Waals surface area contributed by atoms with Crippen LogP contribution >= 0.6 is 0 Å². The fraction of sp³-hybridized carbons (Fsp3) is 0.714. The molecule has 3 aliphatic heterocycles. The second-order valence-corrected chi connectivity index (χ2v) is 6.31. The maximum atomic E-state index is 2.52. The molecule has 0 amide bonds. The van der Waals surface area contributed by atoms with Crippen LogP contribution in [0.1, 0.15) is 20.3 Å². The SMILES string of the molecule is CB1C(N2C=CN(C)[C@H]2C)CC1N1C=CN(C)[C@@H]1C. The van der Waals surface area contributed by atoms with Gasteiger partial charge in [0.1, 0.15) is 0 Å². The van der Waals surface area contributed by atoms with Crippen molar-refractivity contribution >= 4 is 6.71 Å². The van der Waals surface area contributed by atoms with Gasteiger partial charge in [-0.2, -0.15) is 0 Å². The third-order valence-corrected chi connectivity index (χ3v) is 5.45. The van der Waals surface area contributed by atoms with Gasteiger partial charge in [-0.1, -0.05) is 6.82 Å². The fourth-order valence-electron chi connectivity index (χ4n) is 3.58. The van der Waals surface area contributed by atoms with Crippen LogP contribution in [-0.2, 0) is 0 Å². The van der Waals surface area contributed by atoms with E-state index in [0.717, 1.165) is 6.71 Å². The van der Waals surface area contributed by atoms with E-state index in [-0.39, 0.29) is 0 Å². The van der Waals surface area contributed by atoms with E-state index in [9.17, 15) is 0 Å². The summed E-state index contributed by atoms with van der Waals surface area (Å²) < 4.78 is 0. The summed E-state index contributed by atoms with van der Waals surface area (Å²) >= 11 is 0. The molecular weight excluding hydrogens is 235 g/mol. The number of rotatable bonds is 2. The Morgan fingerprint density at radius 2 is 1.26 bits per heavy atom. The van der Waals surface area contributed by atoms with Gasteiger partial charge in [-0.05, 0) is 20.3 Å². The van der Waals surface area contributed by atoms with Gasteiger partial charge in [-0.15, -0.1) is 0 Å². The van der Waals surface area contributed by atoms with Crippen LogP contribution in [0.4, 0.5) is 0 Å². The predicted octanol–water partition coefficient (Wildman–Crippen LogP) is 1.46. The van der Waals surface area contributed by atoms with Crippen LogP contribution in [0.3, 0.4) is 0 Å². The molecule has 0 aromatic rings. The number of hydrogen-bond acceptors (Lipinski definition) is 4. The van der Waals surface area contributed by atoms with Crippen molar-refractivity contribution in [2.24, 2.45) is 0 Å². The van der Waals surface area contributed by atoms with Crippen molar-refractivity contribution in [1.29, 1.82) is 0 Å². The largest absolute Gasteiger partial charge is 0.361 e. The summed E-state index contributed by atoms with van der Waals surface area (Å²) in [6, 6.07) is 0. The van der Waals surface area contributed by atoms with Crippen molar-refractivity contribution in [2.75, 3.05) is 14.1 Å². The maximum Gasteiger partial charge on any atom is 0.191 e. The molecule has 2 unspecified atom stereocenters. The van der Waals surface area contributed by atoms with Crippen LogP contribution in [0.25, 0.3) is 0 Å². The molecule has 3 rings (SSSR count). The van der Waals surface area contributed by atoms with Gasteiger partial charge < -0.3 is 19.6 Å². The molecule has 1 saturated heterocycles. The second kappa shape index (κ2) is 4.39. The van der Waals surface area contributed by atoms with Gasteiger partial charge in [0.2, 0.25) is 0 Å². The van der Waals surface area contributed by atoms with Crippen molar-refractivity contribution in [2.45, 2.75) is 51.3 Å². The molecule has 5 heteroatoms. The molecule has 0 aromatic carbocycles. The summed E-state index contributed by atoms with van der Waals surface area (Å²) in [6.07, 6.45) is 11.2. The van der Waals surface area contributed by atoms with Crippen LogP contribution in [-0.4, -0.2) is 64.6 Å². The Kier molecular flexibility index (Phi) is 2.95. The normalized spacial score (nSPS) is 37.6. The Bertz CT molecular complexity index is 374. The average Bonchev–Trinajstić information content (AvgIpc) is 2.87. The first-order valence-electron chi connectivity index (χ1n) is 7.36. The standard InChI is InChI=1S/C14H25BN4/c1-11-16(4)6-8-18(11)13-10-14(15(13)3)19-9-7-17(5)12(19)2/h6-9,11-14H,10H2,1-5H3/t11-,12+,13?,14?. The zero-order valence-corrected chi connectivity index (χ0v) is 12.7. The zero-order chi connectivity index (χ0) is 13.7. The molecule has 4 nitrogen and oxygen atoms in total. The van der Waals surface area contributed by atoms with Crippen molar-refractivity contribution in [3.8, 4) is 0 Å². The smallest absolute Gasteiger partial charge is 0.191 e. The number of nitrogens with zero attached hydrogens (tertiary/aromatic N) is 4. The van der Waals surface area contributed by atoms with Gasteiger partial charge in [0.05, 0.1) is 12.3 Å². The van der Waals surface area contributed by atoms with Gasteiger partial charge in [0.15, 0.2) is 6.71 Å². The third kappa shape index (κ3) is 1.82. The lowest BCUT2D eigenvalue weighted by molar-refractivity contribution is 0.111. The summed E-state index contributed by atoms with van der Waals surface area (Å²) in [5, 5.41) is 0. The van der Waals surface area contributed by atoms with Crippen molar-refractivity contribution in [3.05, 3.63) is 24.8 Å². The minimum Gasteiger partial charge on any atom is -0.361 e. The van der Waals surface area contributed by atoms with Crippen LogP contribution in [0, 0.1) is 0 Å². The first-order chi connectivity index (χ1) is 9.00. The fourth-order valence-corrected chi connectivity index (χ4v) is 3.58. The topological polar surface area (TPSA) is 13.0 Å². The van der Waals surface area contributed by atoms with E-state index in [1.807, 2.05) is 0 Å². The van der Waals surface area contributed by atoms with Crippen molar-refractivity contribution in [1.82, 2.24) is 19.6 Å². The maximum absolute atomic E-state index is 2.52. The summed E-state index contributed by atoms with van der Waals surface area (Å²) in [5.41, 5.74) is 0. The monoisotopic (exact) mass is 260 g/mol. The summed E-state index contributed by atoms with van der Waals surface area (Å²) in [5.74, 6) is 1.38. The van der Waals surface area contributed by atoms with Crippen molar-refractivity contribution < 1.29 is 0 Å². The second-order valence-electron chi connectivity index (χ2n) is 6.31. The lowest BCUT2D eigenvalue weighted by Crippen LogP contribution is -2.67. The highest BCUT2D eigenvalue weighted by atomic mass is 15.4. The Balaban J connectivity index is 1.63. The van der Waals surface area contributed by atoms with Crippen LogP contribution < -0.4 is 0 Å². The van der Waals surface area contributed by atoms with E-state index in [2.05, 4.69) is 79.2 Å². The van der Waals surface area contributed by atoms with Gasteiger partial charge in [-0.3, -0.25) is 0 Å². The van der Waals surface area contributed by atoms with Crippen LogP contribution in [0.15, 0.2) is 24.8 Å². The predicted molar refractivity (Wildman–Crippen MR) is 80.2 cm³/mol. The van der Waals surface area contributed by atoms with E-state index in [4.69, 9.17) is 0 Å². The van der Waals surface area contributed by atoms with Gasteiger partial charge in [0, 0.05) is 50.8 Å². The first kappa shape index (κ1) is 12.8. The first-order valence-corrected chi connectivity index (χ1v) is 7.36. The quantitative estimate of drug-likeness (QED) is 0.697.